The molecule has 0 bridgehead atoms. The molecule has 1 aromatic carbocycles. The van der Waals surface area contributed by atoms with Crippen LogP contribution < -0.4 is 15.0 Å². The number of nitrogens with one attached hydrogen (secondary N) is 1. The highest BCUT2D eigenvalue weighted by Crippen LogP contribution is 2.29. The third kappa shape index (κ3) is 4.34. The highest BCUT2D eigenvalue weighted by Gasteiger charge is 2.35. The molecule has 26 heavy (non-hydrogen) atoms. The van der Waals surface area contributed by atoms with Crippen molar-refractivity contribution >= 4 is 45.7 Å². The second-order valence-electron chi connectivity index (χ2n) is 5.81. The molecular weight excluding hydrogens is 372 g/mol. The number of rotatable bonds is 7. The molecule has 0 saturated carbocycles. The predicted molar refractivity (Wildman–Crippen MR) is 103 cm³/mol. The van der Waals surface area contributed by atoms with Gasteiger partial charge in [0.1, 0.15) is 5.75 Å². The van der Waals surface area contributed by atoms with Gasteiger partial charge in [0.25, 0.3) is 0 Å². The van der Waals surface area contributed by atoms with Crippen molar-refractivity contribution in [2.24, 2.45) is 5.92 Å². The topological polar surface area (TPSA) is 84.4 Å². The summed E-state index contributed by atoms with van der Waals surface area (Å²) < 4.78 is 5.97. The van der Waals surface area contributed by atoms with E-state index < -0.39 is 5.92 Å². The van der Waals surface area contributed by atoms with Gasteiger partial charge in [0, 0.05) is 24.4 Å². The van der Waals surface area contributed by atoms with Gasteiger partial charge >= 0.3 is 0 Å². The number of carbonyl (C=O) groups is 2. The molecule has 1 atom stereocenters. The Morgan fingerprint density at radius 3 is 2.85 bits per heavy atom. The summed E-state index contributed by atoms with van der Waals surface area (Å²) in [5.74, 6) is 1.03. The van der Waals surface area contributed by atoms with Gasteiger partial charge in [-0.15, -0.1) is 10.2 Å². The predicted octanol–water partition coefficient (Wildman–Crippen LogP) is 3.04. The van der Waals surface area contributed by atoms with Crippen molar-refractivity contribution in [3.8, 4) is 5.75 Å². The summed E-state index contributed by atoms with van der Waals surface area (Å²) in [6.45, 7) is 2.45. The number of methoxy groups -OCH3 is 1. The van der Waals surface area contributed by atoms with E-state index >= 15 is 0 Å². The smallest absolute Gasteiger partial charge is 0.231 e. The minimum atomic E-state index is -0.403. The van der Waals surface area contributed by atoms with Gasteiger partial charge in [0.2, 0.25) is 16.9 Å². The maximum absolute atomic E-state index is 12.5. The van der Waals surface area contributed by atoms with E-state index in [1.165, 1.54) is 11.3 Å². The van der Waals surface area contributed by atoms with Gasteiger partial charge in [-0.25, -0.2) is 0 Å². The number of benzene rings is 1. The molecule has 0 radical (unpaired) electrons. The molecule has 0 unspecified atom stereocenters. The normalized spacial score (nSPS) is 16.8. The minimum absolute atomic E-state index is 0.0632. The zero-order chi connectivity index (χ0) is 18.5. The number of hydrogen-bond acceptors (Lipinski definition) is 7. The molecule has 0 aliphatic carbocycles. The van der Waals surface area contributed by atoms with Crippen LogP contribution >= 0.6 is 23.1 Å². The summed E-state index contributed by atoms with van der Waals surface area (Å²) in [4.78, 5) is 26.4. The molecule has 7 nitrogen and oxygen atoms in total. The van der Waals surface area contributed by atoms with Crippen LogP contribution in [-0.4, -0.2) is 41.4 Å². The molecule has 1 fully saturated rings. The van der Waals surface area contributed by atoms with Crippen LogP contribution in [0.1, 0.15) is 19.8 Å². The summed E-state index contributed by atoms with van der Waals surface area (Å²) in [6.07, 6.45) is 1.24. The molecular formula is C17H20N4O3S2. The molecule has 3 rings (SSSR count). The first-order chi connectivity index (χ1) is 12.6. The summed E-state index contributed by atoms with van der Waals surface area (Å²) in [6, 6.07) is 7.23. The van der Waals surface area contributed by atoms with E-state index in [-0.39, 0.29) is 18.2 Å². The zero-order valence-electron chi connectivity index (χ0n) is 14.6. The lowest BCUT2D eigenvalue weighted by Crippen LogP contribution is -2.28. The highest BCUT2D eigenvalue weighted by molar-refractivity contribution is 8.01. The molecule has 138 valence electrons. The quantitative estimate of drug-likeness (QED) is 0.576. The maximum Gasteiger partial charge on any atom is 0.231 e. The Kier molecular flexibility index (Phi) is 6.10. The van der Waals surface area contributed by atoms with Crippen LogP contribution in [0.4, 0.5) is 10.8 Å². The second-order valence-corrected chi connectivity index (χ2v) is 8.13. The molecule has 1 aliphatic heterocycles. The van der Waals surface area contributed by atoms with Crippen LogP contribution in [0.25, 0.3) is 0 Å². The number of hydrogen-bond donors (Lipinski definition) is 1. The molecule has 2 aromatic rings. The van der Waals surface area contributed by atoms with Gasteiger partial charge in [0.05, 0.1) is 13.0 Å². The largest absolute Gasteiger partial charge is 0.497 e. The van der Waals surface area contributed by atoms with Crippen LogP contribution in [0.5, 0.6) is 5.75 Å². The SMILES string of the molecule is CCCSc1nnc(NC(=O)[C@H]2CC(=O)N(c3ccc(OC)cc3)C2)s1. The van der Waals surface area contributed by atoms with E-state index in [0.717, 1.165) is 28.0 Å². The summed E-state index contributed by atoms with van der Waals surface area (Å²) in [7, 11) is 1.59. The lowest BCUT2D eigenvalue weighted by molar-refractivity contribution is -0.122. The minimum Gasteiger partial charge on any atom is -0.497 e. The third-order valence-electron chi connectivity index (χ3n) is 3.95. The Morgan fingerprint density at radius 2 is 2.15 bits per heavy atom. The molecule has 1 saturated heterocycles. The Bertz CT molecular complexity index is 779. The van der Waals surface area contributed by atoms with Gasteiger partial charge in [-0.05, 0) is 30.7 Å². The molecule has 2 amide bonds. The molecule has 1 aliphatic rings. The number of ether oxygens (including phenoxy) is 1. The summed E-state index contributed by atoms with van der Waals surface area (Å²) in [5.41, 5.74) is 0.764. The lowest BCUT2D eigenvalue weighted by atomic mass is 10.1. The van der Waals surface area contributed by atoms with Crippen LogP contribution in [0, 0.1) is 5.92 Å². The first-order valence-electron chi connectivity index (χ1n) is 8.32. The van der Waals surface area contributed by atoms with Crippen molar-refractivity contribution in [2.75, 3.05) is 29.6 Å². The number of anilines is 2. The highest BCUT2D eigenvalue weighted by atomic mass is 32.2. The Balaban J connectivity index is 1.60. The maximum atomic E-state index is 12.5. The monoisotopic (exact) mass is 392 g/mol. The Hall–Kier alpha value is -2.13. The second kappa shape index (κ2) is 8.50. The van der Waals surface area contributed by atoms with Gasteiger partial charge in [-0.1, -0.05) is 30.0 Å². The molecule has 1 aromatic heterocycles. The van der Waals surface area contributed by atoms with Crippen LogP contribution in [-0.2, 0) is 9.59 Å². The molecule has 9 heteroatoms. The fourth-order valence-electron chi connectivity index (χ4n) is 2.61. The van der Waals surface area contributed by atoms with Crippen molar-refractivity contribution < 1.29 is 14.3 Å². The van der Waals surface area contributed by atoms with Gasteiger partial charge in [0.15, 0.2) is 4.34 Å². The zero-order valence-corrected chi connectivity index (χ0v) is 16.2. The number of amides is 2. The number of nitrogens with zero attached hydrogens (tertiary/aromatic N) is 3. The van der Waals surface area contributed by atoms with Crippen LogP contribution in [0.2, 0.25) is 0 Å². The molecule has 1 N–H and O–H groups in total. The Labute approximate surface area is 160 Å². The van der Waals surface area contributed by atoms with E-state index in [0.29, 0.717) is 11.7 Å². The van der Waals surface area contributed by atoms with E-state index in [9.17, 15) is 9.59 Å². The lowest BCUT2D eigenvalue weighted by Gasteiger charge is -2.16. The number of thioether (sulfide) groups is 1. The van der Waals surface area contributed by atoms with E-state index in [4.69, 9.17) is 4.74 Å². The van der Waals surface area contributed by atoms with Crippen molar-refractivity contribution in [1.29, 1.82) is 0 Å². The van der Waals surface area contributed by atoms with Gasteiger partial charge in [-0.3, -0.25) is 9.59 Å². The summed E-state index contributed by atoms with van der Waals surface area (Å²) >= 11 is 2.98. The standard InChI is InChI=1S/C17H20N4O3S2/c1-3-8-25-17-20-19-16(26-17)18-15(23)11-9-14(22)21(10-11)12-4-6-13(24-2)7-5-12/h4-7,11H,3,8-10H2,1-2H3,(H,18,19,23)/t11-/m0/s1. The number of aromatic nitrogens is 2. The fourth-order valence-corrected chi connectivity index (χ4v) is 4.29. The average molecular weight is 393 g/mol. The van der Waals surface area contributed by atoms with Crippen molar-refractivity contribution in [3.05, 3.63) is 24.3 Å². The van der Waals surface area contributed by atoms with Crippen molar-refractivity contribution in [2.45, 2.75) is 24.1 Å². The number of carbonyl (C=O) groups excluding carboxylic acids is 2. The van der Waals surface area contributed by atoms with E-state index in [1.807, 2.05) is 12.1 Å². The average Bonchev–Trinajstić information content (AvgIpc) is 3.26. The van der Waals surface area contributed by atoms with Crippen molar-refractivity contribution in [3.63, 3.8) is 0 Å². The van der Waals surface area contributed by atoms with Crippen molar-refractivity contribution in [1.82, 2.24) is 10.2 Å². The molecule has 2 heterocycles. The van der Waals surface area contributed by atoms with E-state index in [1.54, 1.807) is 35.9 Å². The Morgan fingerprint density at radius 1 is 1.38 bits per heavy atom. The fraction of sp³-hybridized carbons (Fsp3) is 0.412. The van der Waals surface area contributed by atoms with Crippen LogP contribution in [0.15, 0.2) is 28.6 Å². The first-order valence-corrected chi connectivity index (χ1v) is 10.1. The first kappa shape index (κ1) is 18.7. The van der Waals surface area contributed by atoms with E-state index in [2.05, 4.69) is 22.4 Å². The van der Waals surface area contributed by atoms with Gasteiger partial charge < -0.3 is 15.0 Å². The third-order valence-corrected chi connectivity index (χ3v) is 6.12. The summed E-state index contributed by atoms with van der Waals surface area (Å²) in [5, 5.41) is 11.3. The van der Waals surface area contributed by atoms with Crippen LogP contribution in [0.3, 0.4) is 0 Å². The molecule has 0 spiro atoms. The van der Waals surface area contributed by atoms with Gasteiger partial charge in [-0.2, -0.15) is 0 Å².